The second kappa shape index (κ2) is 3.89. The fourth-order valence-corrected chi connectivity index (χ4v) is 1.05. The van der Waals surface area contributed by atoms with Gasteiger partial charge in [-0.15, -0.1) is 0 Å². The number of nitrogens with zero attached hydrogens (tertiary/aromatic N) is 1. The van der Waals surface area contributed by atoms with E-state index in [4.69, 9.17) is 9.84 Å². The average molecular weight is 181 g/mol. The van der Waals surface area contributed by atoms with E-state index in [0.717, 1.165) is 5.69 Å². The van der Waals surface area contributed by atoms with Crippen molar-refractivity contribution >= 4 is 5.97 Å². The van der Waals surface area contributed by atoms with Crippen molar-refractivity contribution in [3.05, 3.63) is 23.5 Å². The van der Waals surface area contributed by atoms with Crippen LogP contribution < -0.4 is 4.74 Å². The molecule has 0 saturated heterocycles. The van der Waals surface area contributed by atoms with E-state index in [1.54, 1.807) is 12.1 Å². The fourth-order valence-electron chi connectivity index (χ4n) is 1.05. The zero-order valence-electron chi connectivity index (χ0n) is 7.57. The number of hydrogen-bond acceptors (Lipinski definition) is 3. The molecule has 1 aromatic rings. The molecule has 0 radical (unpaired) electrons. The Kier molecular flexibility index (Phi) is 2.84. The van der Waals surface area contributed by atoms with E-state index in [1.807, 2.05) is 6.92 Å². The molecule has 1 rings (SSSR count). The quantitative estimate of drug-likeness (QED) is 0.756. The van der Waals surface area contributed by atoms with Gasteiger partial charge in [0.05, 0.1) is 19.2 Å². The van der Waals surface area contributed by atoms with Crippen molar-refractivity contribution in [1.29, 1.82) is 0 Å². The van der Waals surface area contributed by atoms with E-state index in [-0.39, 0.29) is 6.42 Å². The lowest BCUT2D eigenvalue weighted by Gasteiger charge is -2.05. The van der Waals surface area contributed by atoms with Crippen LogP contribution in [0, 0.1) is 6.92 Å². The third-order valence-corrected chi connectivity index (χ3v) is 1.61. The Bertz CT molecular complexity index is 323. The van der Waals surface area contributed by atoms with Gasteiger partial charge >= 0.3 is 5.97 Å². The van der Waals surface area contributed by atoms with Crippen molar-refractivity contribution in [3.8, 4) is 5.75 Å². The topological polar surface area (TPSA) is 59.4 Å². The van der Waals surface area contributed by atoms with Crippen molar-refractivity contribution in [2.75, 3.05) is 7.11 Å². The molecule has 4 nitrogen and oxygen atoms in total. The van der Waals surface area contributed by atoms with Crippen molar-refractivity contribution in [1.82, 2.24) is 4.98 Å². The smallest absolute Gasteiger partial charge is 0.309 e. The molecular weight excluding hydrogens is 170 g/mol. The van der Waals surface area contributed by atoms with Crippen LogP contribution in [0.3, 0.4) is 0 Å². The number of pyridine rings is 1. The van der Waals surface area contributed by atoms with Crippen molar-refractivity contribution in [2.45, 2.75) is 13.3 Å². The third kappa shape index (κ3) is 2.43. The molecule has 1 heterocycles. The molecule has 1 aromatic heterocycles. The van der Waals surface area contributed by atoms with Crippen LogP contribution in [0.2, 0.25) is 0 Å². The van der Waals surface area contributed by atoms with Crippen LogP contribution in [0.1, 0.15) is 11.4 Å². The maximum atomic E-state index is 10.5. The average Bonchev–Trinajstić information content (AvgIpc) is 2.03. The maximum absolute atomic E-state index is 10.5. The third-order valence-electron chi connectivity index (χ3n) is 1.61. The highest BCUT2D eigenvalue weighted by molar-refractivity contribution is 5.70. The first-order chi connectivity index (χ1) is 6.13. The first kappa shape index (κ1) is 9.51. The van der Waals surface area contributed by atoms with Crippen LogP contribution in [0.5, 0.6) is 5.75 Å². The lowest BCUT2D eigenvalue weighted by molar-refractivity contribution is -0.136. The van der Waals surface area contributed by atoms with Gasteiger partial charge < -0.3 is 9.84 Å². The maximum Gasteiger partial charge on any atom is 0.309 e. The summed E-state index contributed by atoms with van der Waals surface area (Å²) in [5, 5.41) is 8.58. The Morgan fingerprint density at radius 3 is 2.85 bits per heavy atom. The second-order valence-corrected chi connectivity index (χ2v) is 2.67. The number of hydrogen-bond donors (Lipinski definition) is 1. The molecule has 0 saturated carbocycles. The number of carboxylic acids is 1. The molecule has 0 aliphatic rings. The van der Waals surface area contributed by atoms with Gasteiger partial charge in [0.2, 0.25) is 0 Å². The Morgan fingerprint density at radius 2 is 2.31 bits per heavy atom. The summed E-state index contributed by atoms with van der Waals surface area (Å²) < 4.78 is 4.98. The van der Waals surface area contributed by atoms with E-state index in [2.05, 4.69) is 4.98 Å². The molecule has 0 amide bonds. The largest absolute Gasteiger partial charge is 0.495 e. The molecule has 70 valence electrons. The lowest BCUT2D eigenvalue weighted by Crippen LogP contribution is -2.05. The van der Waals surface area contributed by atoms with Gasteiger partial charge in [-0.1, -0.05) is 0 Å². The predicted octanol–water partition coefficient (Wildman–Crippen LogP) is 1.03. The van der Waals surface area contributed by atoms with Crippen LogP contribution in [0.4, 0.5) is 0 Å². The van der Waals surface area contributed by atoms with E-state index >= 15 is 0 Å². The summed E-state index contributed by atoms with van der Waals surface area (Å²) >= 11 is 0. The normalized spacial score (nSPS) is 9.69. The zero-order valence-corrected chi connectivity index (χ0v) is 7.57. The molecule has 0 fully saturated rings. The van der Waals surface area contributed by atoms with Crippen LogP contribution in [0.15, 0.2) is 12.1 Å². The van der Waals surface area contributed by atoms with E-state index in [9.17, 15) is 4.79 Å². The number of aryl methyl sites for hydroxylation is 1. The van der Waals surface area contributed by atoms with Gasteiger partial charge in [-0.3, -0.25) is 9.78 Å². The monoisotopic (exact) mass is 181 g/mol. The molecular formula is C9H11NO3. The summed E-state index contributed by atoms with van der Waals surface area (Å²) in [6.45, 7) is 1.81. The number of carboxylic acid groups (broad SMARTS) is 1. The molecule has 0 aliphatic carbocycles. The Balaban J connectivity index is 3.01. The lowest BCUT2D eigenvalue weighted by atomic mass is 10.2. The molecule has 0 bridgehead atoms. The summed E-state index contributed by atoms with van der Waals surface area (Å²) in [4.78, 5) is 14.5. The van der Waals surface area contributed by atoms with Gasteiger partial charge in [-0.25, -0.2) is 0 Å². The van der Waals surface area contributed by atoms with Gasteiger partial charge in [0.15, 0.2) is 0 Å². The Labute approximate surface area is 76.2 Å². The van der Waals surface area contributed by atoms with Gasteiger partial charge in [-0.2, -0.15) is 0 Å². The SMILES string of the molecule is COc1ccc(C)nc1CC(=O)O. The molecule has 0 spiro atoms. The van der Waals surface area contributed by atoms with Gasteiger partial charge in [-0.05, 0) is 19.1 Å². The Hall–Kier alpha value is -1.58. The van der Waals surface area contributed by atoms with E-state index < -0.39 is 5.97 Å². The first-order valence-electron chi connectivity index (χ1n) is 3.86. The van der Waals surface area contributed by atoms with Crippen LogP contribution in [-0.4, -0.2) is 23.2 Å². The summed E-state index contributed by atoms with van der Waals surface area (Å²) in [7, 11) is 1.50. The highest BCUT2D eigenvalue weighted by Crippen LogP contribution is 2.16. The van der Waals surface area contributed by atoms with E-state index in [1.165, 1.54) is 7.11 Å². The number of ether oxygens (including phenoxy) is 1. The number of aromatic nitrogens is 1. The summed E-state index contributed by atoms with van der Waals surface area (Å²) in [6.07, 6.45) is -0.106. The highest BCUT2D eigenvalue weighted by Gasteiger charge is 2.08. The molecule has 4 heteroatoms. The molecule has 0 aliphatic heterocycles. The molecule has 0 unspecified atom stereocenters. The summed E-state index contributed by atoms with van der Waals surface area (Å²) in [5.74, 6) is -0.385. The van der Waals surface area contributed by atoms with Gasteiger partial charge in [0, 0.05) is 5.69 Å². The first-order valence-corrected chi connectivity index (χ1v) is 3.86. The summed E-state index contributed by atoms with van der Waals surface area (Å²) in [5.41, 5.74) is 1.26. The highest BCUT2D eigenvalue weighted by atomic mass is 16.5. The second-order valence-electron chi connectivity index (χ2n) is 2.67. The predicted molar refractivity (Wildman–Crippen MR) is 46.9 cm³/mol. The van der Waals surface area contributed by atoms with Crippen molar-refractivity contribution < 1.29 is 14.6 Å². The van der Waals surface area contributed by atoms with Crippen molar-refractivity contribution in [3.63, 3.8) is 0 Å². The standard InChI is InChI=1S/C9H11NO3/c1-6-3-4-8(13-2)7(10-6)5-9(11)12/h3-4H,5H2,1-2H3,(H,11,12). The number of aliphatic carboxylic acids is 1. The minimum Gasteiger partial charge on any atom is -0.495 e. The fraction of sp³-hybridized carbons (Fsp3) is 0.333. The van der Waals surface area contributed by atoms with Crippen molar-refractivity contribution in [2.24, 2.45) is 0 Å². The number of carbonyl (C=O) groups is 1. The number of rotatable bonds is 3. The van der Waals surface area contributed by atoms with Gasteiger partial charge in [0.1, 0.15) is 5.75 Å². The van der Waals surface area contributed by atoms with E-state index in [0.29, 0.717) is 11.4 Å². The molecule has 0 aromatic carbocycles. The minimum absolute atomic E-state index is 0.106. The zero-order chi connectivity index (χ0) is 9.84. The van der Waals surface area contributed by atoms with Crippen LogP contribution >= 0.6 is 0 Å². The molecule has 1 N–H and O–H groups in total. The Morgan fingerprint density at radius 1 is 1.62 bits per heavy atom. The molecule has 0 atom stereocenters. The van der Waals surface area contributed by atoms with Crippen LogP contribution in [0.25, 0.3) is 0 Å². The van der Waals surface area contributed by atoms with Crippen LogP contribution in [-0.2, 0) is 11.2 Å². The number of methoxy groups -OCH3 is 1. The minimum atomic E-state index is -0.906. The molecule has 13 heavy (non-hydrogen) atoms. The van der Waals surface area contributed by atoms with Gasteiger partial charge in [0.25, 0.3) is 0 Å². The summed E-state index contributed by atoms with van der Waals surface area (Å²) in [6, 6.07) is 3.50.